The van der Waals surface area contributed by atoms with Gasteiger partial charge < -0.3 is 25.0 Å². The van der Waals surface area contributed by atoms with Gasteiger partial charge in [0.05, 0.1) is 41.9 Å². The van der Waals surface area contributed by atoms with Gasteiger partial charge in [0.15, 0.2) is 0 Å². The summed E-state index contributed by atoms with van der Waals surface area (Å²) in [5, 5.41) is 7.61. The Bertz CT molecular complexity index is 1320. The van der Waals surface area contributed by atoms with Crippen molar-refractivity contribution in [3.8, 4) is 22.6 Å². The molecule has 2 amide bonds. The predicted molar refractivity (Wildman–Crippen MR) is 140 cm³/mol. The van der Waals surface area contributed by atoms with E-state index in [1.54, 1.807) is 17.2 Å². The van der Waals surface area contributed by atoms with E-state index < -0.39 is 0 Å². The molecular weight excluding hydrogens is 505 g/mol. The normalized spacial score (nSPS) is 17.1. The molecule has 1 saturated heterocycles. The number of aromatic nitrogens is 2. The molecule has 9 nitrogen and oxygen atoms in total. The smallest absolute Gasteiger partial charge is 0.243 e. The number of likely N-dealkylation sites (tertiary alicyclic amines) is 1. The van der Waals surface area contributed by atoms with Crippen LogP contribution in [-0.4, -0.2) is 66.1 Å². The largest absolute Gasteiger partial charge is 0.495 e. The van der Waals surface area contributed by atoms with Gasteiger partial charge in [-0.05, 0) is 23.8 Å². The van der Waals surface area contributed by atoms with Crippen molar-refractivity contribution in [3.05, 3.63) is 53.2 Å². The van der Waals surface area contributed by atoms with Crippen molar-refractivity contribution in [3.63, 3.8) is 0 Å². The van der Waals surface area contributed by atoms with Crippen molar-refractivity contribution in [1.82, 2.24) is 20.2 Å². The Morgan fingerprint density at radius 1 is 1.11 bits per heavy atom. The number of halogens is 2. The molecule has 188 valence electrons. The number of rotatable bonds is 7. The van der Waals surface area contributed by atoms with Crippen molar-refractivity contribution in [2.75, 3.05) is 32.6 Å². The van der Waals surface area contributed by atoms with Crippen LogP contribution in [0, 0.1) is 0 Å². The van der Waals surface area contributed by atoms with Gasteiger partial charge in [-0.15, -0.1) is 0 Å². The zero-order valence-electron chi connectivity index (χ0n) is 20.0. The van der Waals surface area contributed by atoms with E-state index in [4.69, 9.17) is 32.7 Å². The first-order valence-electron chi connectivity index (χ1n) is 11.1. The fraction of sp³-hybridized carbons (Fsp3) is 0.280. The third kappa shape index (κ3) is 5.03. The Morgan fingerprint density at radius 3 is 2.39 bits per heavy atom. The summed E-state index contributed by atoms with van der Waals surface area (Å²) in [5.74, 6) is 0.880. The van der Waals surface area contributed by atoms with E-state index in [0.717, 1.165) is 10.9 Å². The molecule has 3 aromatic rings. The van der Waals surface area contributed by atoms with Crippen LogP contribution in [0.4, 0.5) is 5.95 Å². The molecule has 1 aliphatic rings. The number of carbonyl (C=O) groups excluding carboxylic acids is 2. The second-order valence-corrected chi connectivity index (χ2v) is 9.00. The highest BCUT2D eigenvalue weighted by Crippen LogP contribution is 2.46. The lowest BCUT2D eigenvalue weighted by molar-refractivity contribution is -0.128. The highest BCUT2D eigenvalue weighted by Gasteiger charge is 2.35. The maximum Gasteiger partial charge on any atom is 0.243 e. The summed E-state index contributed by atoms with van der Waals surface area (Å²) < 4.78 is 10.7. The van der Waals surface area contributed by atoms with Gasteiger partial charge in [-0.2, -0.15) is 0 Å². The van der Waals surface area contributed by atoms with E-state index in [-0.39, 0.29) is 23.9 Å². The van der Waals surface area contributed by atoms with Crippen molar-refractivity contribution >= 4 is 51.9 Å². The fourth-order valence-corrected chi connectivity index (χ4v) is 4.88. The Hall–Kier alpha value is -3.56. The molecule has 2 N–H and O–H groups in total. The van der Waals surface area contributed by atoms with Crippen LogP contribution in [0.1, 0.15) is 6.92 Å². The van der Waals surface area contributed by atoms with Gasteiger partial charge in [-0.25, -0.2) is 9.97 Å². The molecule has 11 heteroatoms. The molecule has 0 bridgehead atoms. The average Bonchev–Trinajstić information content (AvgIpc) is 3.26. The SMILES string of the molecule is C=CC(=O)N[C@@H]1CN(C(C)=O)C[C@@H]1Nc1ncc2cc(-c3c(Cl)c(OC)cc(OC)c3Cl)ccc2n1. The van der Waals surface area contributed by atoms with Gasteiger partial charge in [-0.1, -0.05) is 35.8 Å². The van der Waals surface area contributed by atoms with Gasteiger partial charge in [0.1, 0.15) is 11.5 Å². The Morgan fingerprint density at radius 2 is 1.78 bits per heavy atom. The predicted octanol–water partition coefficient (Wildman–Crippen LogP) is 3.93. The Kier molecular flexibility index (Phi) is 7.51. The van der Waals surface area contributed by atoms with E-state index in [9.17, 15) is 9.59 Å². The maximum absolute atomic E-state index is 11.9. The molecular formula is C25H25Cl2N5O4. The minimum absolute atomic E-state index is 0.0735. The molecule has 2 heterocycles. The summed E-state index contributed by atoms with van der Waals surface area (Å²) in [6, 6.07) is 6.63. The molecule has 1 aromatic heterocycles. The number of carbonyl (C=O) groups is 2. The molecule has 1 fully saturated rings. The fourth-order valence-electron chi connectivity index (χ4n) is 4.16. The number of nitrogens with one attached hydrogen (secondary N) is 2. The summed E-state index contributed by atoms with van der Waals surface area (Å²) in [7, 11) is 3.04. The second kappa shape index (κ2) is 10.6. The standard InChI is InChI=1S/C25H25Cl2N5O4/c1-5-21(34)29-17-11-32(13(2)33)12-18(17)31-25-28-10-15-8-14(6-7-16(15)30-25)22-23(26)19(35-3)9-20(36-4)24(22)27/h5-10,17-18H,1,11-12H2,2-4H3,(H,29,34)(H,28,30,31)/t17-,18+/m1/s1. The van der Waals surface area contributed by atoms with Gasteiger partial charge in [-0.3, -0.25) is 9.59 Å². The lowest BCUT2D eigenvalue weighted by atomic mass is 10.0. The second-order valence-electron chi connectivity index (χ2n) is 8.25. The third-order valence-corrected chi connectivity index (χ3v) is 6.79. The van der Waals surface area contributed by atoms with E-state index in [1.807, 2.05) is 18.2 Å². The number of benzene rings is 2. The lowest BCUT2D eigenvalue weighted by Crippen LogP contribution is -2.45. The highest BCUT2D eigenvalue weighted by atomic mass is 35.5. The molecule has 2 atom stereocenters. The van der Waals surface area contributed by atoms with Gasteiger partial charge in [0, 0.05) is 43.2 Å². The van der Waals surface area contributed by atoms with E-state index >= 15 is 0 Å². The first-order chi connectivity index (χ1) is 17.2. The van der Waals surface area contributed by atoms with Crippen molar-refractivity contribution in [1.29, 1.82) is 0 Å². The van der Waals surface area contributed by atoms with Gasteiger partial charge in [0.2, 0.25) is 17.8 Å². The topological polar surface area (TPSA) is 106 Å². The number of hydrogen-bond acceptors (Lipinski definition) is 7. The quantitative estimate of drug-likeness (QED) is 0.446. The van der Waals surface area contributed by atoms with Crippen molar-refractivity contribution in [2.45, 2.75) is 19.0 Å². The minimum Gasteiger partial charge on any atom is -0.495 e. The van der Waals surface area contributed by atoms with Gasteiger partial charge in [0.25, 0.3) is 0 Å². The highest BCUT2D eigenvalue weighted by molar-refractivity contribution is 6.41. The molecule has 2 aromatic carbocycles. The molecule has 0 unspecified atom stereocenters. The summed E-state index contributed by atoms with van der Waals surface area (Å²) in [5.41, 5.74) is 2.01. The molecule has 4 rings (SSSR count). The number of methoxy groups -OCH3 is 2. The van der Waals surface area contributed by atoms with Crippen LogP contribution in [0.15, 0.2) is 43.1 Å². The van der Waals surface area contributed by atoms with E-state index in [1.165, 1.54) is 27.2 Å². The molecule has 1 aliphatic heterocycles. The summed E-state index contributed by atoms with van der Waals surface area (Å²) in [6.45, 7) is 5.78. The summed E-state index contributed by atoms with van der Waals surface area (Å²) >= 11 is 13.1. The zero-order valence-corrected chi connectivity index (χ0v) is 21.5. The van der Waals surface area contributed by atoms with Crippen molar-refractivity contribution in [2.24, 2.45) is 0 Å². The first-order valence-corrected chi connectivity index (χ1v) is 11.8. The van der Waals surface area contributed by atoms with Crippen LogP contribution >= 0.6 is 23.2 Å². The molecule has 0 aliphatic carbocycles. The number of anilines is 1. The molecule has 0 saturated carbocycles. The van der Waals surface area contributed by atoms with Crippen LogP contribution in [0.5, 0.6) is 11.5 Å². The van der Waals surface area contributed by atoms with Crippen molar-refractivity contribution < 1.29 is 19.1 Å². The number of ether oxygens (including phenoxy) is 2. The summed E-state index contributed by atoms with van der Waals surface area (Å²) in [6.07, 6.45) is 2.89. The molecule has 0 spiro atoms. The van der Waals surface area contributed by atoms with Crippen LogP contribution in [0.25, 0.3) is 22.0 Å². The Balaban J connectivity index is 1.64. The number of hydrogen-bond donors (Lipinski definition) is 2. The van der Waals surface area contributed by atoms with Crippen LogP contribution in [-0.2, 0) is 9.59 Å². The summed E-state index contributed by atoms with van der Waals surface area (Å²) in [4.78, 5) is 34.5. The molecule has 0 radical (unpaired) electrons. The monoisotopic (exact) mass is 529 g/mol. The zero-order chi connectivity index (χ0) is 26.0. The maximum atomic E-state index is 11.9. The molecule has 36 heavy (non-hydrogen) atoms. The van der Waals surface area contributed by atoms with E-state index in [0.29, 0.717) is 51.7 Å². The number of nitrogens with zero attached hydrogens (tertiary/aromatic N) is 3. The van der Waals surface area contributed by atoms with Crippen LogP contribution < -0.4 is 20.1 Å². The van der Waals surface area contributed by atoms with Crippen LogP contribution in [0.3, 0.4) is 0 Å². The van der Waals surface area contributed by atoms with Gasteiger partial charge >= 0.3 is 0 Å². The lowest BCUT2D eigenvalue weighted by Gasteiger charge is -2.20. The van der Waals surface area contributed by atoms with Crippen LogP contribution in [0.2, 0.25) is 10.0 Å². The van der Waals surface area contributed by atoms with E-state index in [2.05, 4.69) is 27.2 Å². The number of amides is 2. The first kappa shape index (κ1) is 25.5. The minimum atomic E-state index is -0.312. The average molecular weight is 530 g/mol. The Labute approximate surface area is 218 Å². The number of fused-ring (bicyclic) bond motifs is 1. The third-order valence-electron chi connectivity index (χ3n) is 6.03.